The van der Waals surface area contributed by atoms with E-state index in [1.54, 1.807) is 0 Å². The fraction of sp³-hybridized carbons (Fsp3) is 0.579. The first-order valence-corrected chi connectivity index (χ1v) is 9.13. The Balaban J connectivity index is 1.29. The molecule has 1 saturated heterocycles. The van der Waals surface area contributed by atoms with Gasteiger partial charge in [0.15, 0.2) is 0 Å². The number of para-hydroxylation sites is 2. The molecule has 2 saturated carbocycles. The van der Waals surface area contributed by atoms with Gasteiger partial charge in [0.25, 0.3) is 0 Å². The molecule has 1 aliphatic heterocycles. The SMILES string of the molecule is O=C(C1CC2(CC2)C1)N1CCC(n2c(=O)[nH]c3ccccc32)CC1. The molecule has 5 nitrogen and oxygen atoms in total. The van der Waals surface area contributed by atoms with E-state index >= 15 is 0 Å². The quantitative estimate of drug-likeness (QED) is 0.923. The van der Waals surface area contributed by atoms with Gasteiger partial charge in [-0.3, -0.25) is 9.36 Å². The number of imidazole rings is 1. The molecular weight excluding hydrogens is 302 g/mol. The number of nitrogens with one attached hydrogen (secondary N) is 1. The maximum atomic E-state index is 12.6. The number of H-pyrrole nitrogens is 1. The average molecular weight is 325 g/mol. The third-order valence-corrected chi connectivity index (χ3v) is 6.43. The molecule has 3 fully saturated rings. The van der Waals surface area contributed by atoms with E-state index in [-0.39, 0.29) is 17.6 Å². The van der Waals surface area contributed by atoms with Gasteiger partial charge in [-0.15, -0.1) is 0 Å². The summed E-state index contributed by atoms with van der Waals surface area (Å²) in [6.07, 6.45) is 6.64. The van der Waals surface area contributed by atoms with Crippen molar-refractivity contribution in [2.75, 3.05) is 13.1 Å². The van der Waals surface area contributed by atoms with Gasteiger partial charge in [0.1, 0.15) is 0 Å². The second-order valence-corrected chi connectivity index (χ2v) is 7.98. The summed E-state index contributed by atoms with van der Waals surface area (Å²) in [5, 5.41) is 0. The van der Waals surface area contributed by atoms with Crippen LogP contribution in [0.15, 0.2) is 29.1 Å². The predicted molar refractivity (Wildman–Crippen MR) is 91.8 cm³/mol. The monoisotopic (exact) mass is 325 g/mol. The molecule has 1 aromatic heterocycles. The molecule has 2 heterocycles. The van der Waals surface area contributed by atoms with Crippen molar-refractivity contribution in [1.29, 1.82) is 0 Å². The molecule has 0 bridgehead atoms. The van der Waals surface area contributed by atoms with Crippen LogP contribution in [0.25, 0.3) is 11.0 Å². The number of fused-ring (bicyclic) bond motifs is 1. The van der Waals surface area contributed by atoms with Gasteiger partial charge in [-0.05, 0) is 56.1 Å². The number of benzene rings is 1. The van der Waals surface area contributed by atoms with Gasteiger partial charge >= 0.3 is 5.69 Å². The number of hydrogen-bond acceptors (Lipinski definition) is 2. The summed E-state index contributed by atoms with van der Waals surface area (Å²) in [6, 6.07) is 8.03. The van der Waals surface area contributed by atoms with Gasteiger partial charge in [-0.2, -0.15) is 0 Å². The largest absolute Gasteiger partial charge is 0.342 e. The summed E-state index contributed by atoms with van der Waals surface area (Å²) >= 11 is 0. The molecule has 24 heavy (non-hydrogen) atoms. The van der Waals surface area contributed by atoms with Crippen LogP contribution in [0.2, 0.25) is 0 Å². The van der Waals surface area contributed by atoms with Crippen molar-refractivity contribution >= 4 is 16.9 Å². The van der Waals surface area contributed by atoms with E-state index in [0.29, 0.717) is 11.3 Å². The van der Waals surface area contributed by atoms with Gasteiger partial charge in [-0.1, -0.05) is 12.1 Å². The van der Waals surface area contributed by atoms with Crippen LogP contribution < -0.4 is 5.69 Å². The number of nitrogens with zero attached hydrogens (tertiary/aromatic N) is 2. The number of piperidine rings is 1. The summed E-state index contributed by atoms with van der Waals surface area (Å²) in [4.78, 5) is 29.9. The number of aromatic nitrogens is 2. The molecule has 1 aromatic carbocycles. The highest BCUT2D eigenvalue weighted by Crippen LogP contribution is 2.63. The maximum absolute atomic E-state index is 12.6. The summed E-state index contributed by atoms with van der Waals surface area (Å²) in [5.41, 5.74) is 2.42. The number of carbonyl (C=O) groups is 1. The summed E-state index contributed by atoms with van der Waals surface area (Å²) in [5.74, 6) is 0.636. The number of likely N-dealkylation sites (tertiary alicyclic amines) is 1. The molecule has 2 aromatic rings. The van der Waals surface area contributed by atoms with E-state index < -0.39 is 0 Å². The van der Waals surface area contributed by atoms with E-state index in [1.165, 1.54) is 12.8 Å². The normalized spacial score (nSPS) is 23.6. The minimum absolute atomic E-state index is 0.0318. The second kappa shape index (κ2) is 4.98. The van der Waals surface area contributed by atoms with Gasteiger partial charge in [0, 0.05) is 25.0 Å². The van der Waals surface area contributed by atoms with Crippen molar-refractivity contribution < 1.29 is 4.79 Å². The lowest BCUT2D eigenvalue weighted by Gasteiger charge is -2.40. The number of aromatic amines is 1. The molecule has 126 valence electrons. The Bertz CT molecular complexity index is 845. The highest BCUT2D eigenvalue weighted by molar-refractivity contribution is 5.80. The van der Waals surface area contributed by atoms with Crippen molar-refractivity contribution in [3.8, 4) is 0 Å². The van der Waals surface area contributed by atoms with E-state index in [2.05, 4.69) is 4.98 Å². The Morgan fingerprint density at radius 2 is 1.83 bits per heavy atom. The summed E-state index contributed by atoms with van der Waals surface area (Å²) < 4.78 is 1.89. The summed E-state index contributed by atoms with van der Waals surface area (Å²) in [7, 11) is 0. The van der Waals surface area contributed by atoms with E-state index in [1.807, 2.05) is 33.7 Å². The molecule has 2 aliphatic carbocycles. The minimum atomic E-state index is -0.0318. The van der Waals surface area contributed by atoms with Gasteiger partial charge in [-0.25, -0.2) is 4.79 Å². The highest BCUT2D eigenvalue weighted by Gasteiger charge is 2.55. The van der Waals surface area contributed by atoms with Gasteiger partial charge < -0.3 is 9.88 Å². The molecule has 0 atom stereocenters. The van der Waals surface area contributed by atoms with Crippen LogP contribution in [0.4, 0.5) is 0 Å². The number of rotatable bonds is 2. The van der Waals surface area contributed by atoms with Crippen molar-refractivity contribution in [2.45, 2.75) is 44.6 Å². The van der Waals surface area contributed by atoms with Crippen LogP contribution in [0.1, 0.15) is 44.6 Å². The van der Waals surface area contributed by atoms with Gasteiger partial charge in [0.2, 0.25) is 5.91 Å². The first kappa shape index (κ1) is 14.3. The Morgan fingerprint density at radius 3 is 2.54 bits per heavy atom. The Labute approximate surface area is 140 Å². The number of amides is 1. The maximum Gasteiger partial charge on any atom is 0.326 e. The molecule has 3 aliphatic rings. The van der Waals surface area contributed by atoms with Crippen LogP contribution in [0, 0.1) is 11.3 Å². The Morgan fingerprint density at radius 1 is 1.12 bits per heavy atom. The van der Waals surface area contributed by atoms with Crippen molar-refractivity contribution in [1.82, 2.24) is 14.5 Å². The fourth-order valence-corrected chi connectivity index (χ4v) is 4.78. The predicted octanol–water partition coefficient (Wildman–Crippen LogP) is 2.68. The zero-order chi connectivity index (χ0) is 16.3. The average Bonchev–Trinajstić information content (AvgIpc) is 3.30. The van der Waals surface area contributed by atoms with Crippen molar-refractivity contribution in [3.05, 3.63) is 34.7 Å². The Kier molecular flexibility index (Phi) is 2.97. The van der Waals surface area contributed by atoms with Crippen LogP contribution in [-0.2, 0) is 4.79 Å². The third kappa shape index (κ3) is 2.14. The topological polar surface area (TPSA) is 58.1 Å². The van der Waals surface area contributed by atoms with E-state index in [0.717, 1.165) is 49.8 Å². The molecule has 0 radical (unpaired) electrons. The van der Waals surface area contributed by atoms with E-state index in [9.17, 15) is 9.59 Å². The first-order valence-electron chi connectivity index (χ1n) is 9.13. The lowest BCUT2D eigenvalue weighted by atomic mass is 9.71. The molecule has 1 N–H and O–H groups in total. The molecule has 5 rings (SSSR count). The smallest absolute Gasteiger partial charge is 0.326 e. The zero-order valence-corrected chi connectivity index (χ0v) is 13.8. The van der Waals surface area contributed by atoms with Crippen LogP contribution >= 0.6 is 0 Å². The molecule has 1 spiro atoms. The minimum Gasteiger partial charge on any atom is -0.342 e. The standard InChI is InChI=1S/C19H23N3O2/c23-17(13-11-19(12-13)7-8-19)21-9-5-14(6-10-21)22-16-4-2-1-3-15(16)20-18(22)24/h1-4,13-14H,5-12H2,(H,20,24). The second-order valence-electron chi connectivity index (χ2n) is 7.98. The highest BCUT2D eigenvalue weighted by atomic mass is 16.2. The Hall–Kier alpha value is -2.04. The third-order valence-electron chi connectivity index (χ3n) is 6.43. The fourth-order valence-electron chi connectivity index (χ4n) is 4.78. The van der Waals surface area contributed by atoms with E-state index in [4.69, 9.17) is 0 Å². The molecule has 0 unspecified atom stereocenters. The van der Waals surface area contributed by atoms with Crippen LogP contribution in [-0.4, -0.2) is 33.4 Å². The zero-order valence-electron chi connectivity index (χ0n) is 13.8. The van der Waals surface area contributed by atoms with Crippen LogP contribution in [0.3, 0.4) is 0 Å². The number of carbonyl (C=O) groups excluding carboxylic acids is 1. The number of hydrogen-bond donors (Lipinski definition) is 1. The van der Waals surface area contributed by atoms with Crippen LogP contribution in [0.5, 0.6) is 0 Å². The summed E-state index contributed by atoms with van der Waals surface area (Å²) in [6.45, 7) is 1.55. The molecule has 1 amide bonds. The lowest BCUT2D eigenvalue weighted by Crippen LogP contribution is -2.46. The van der Waals surface area contributed by atoms with Gasteiger partial charge in [0.05, 0.1) is 11.0 Å². The first-order chi connectivity index (χ1) is 11.7. The van der Waals surface area contributed by atoms with Crippen molar-refractivity contribution in [3.63, 3.8) is 0 Å². The van der Waals surface area contributed by atoms with Crippen molar-refractivity contribution in [2.24, 2.45) is 11.3 Å². The lowest BCUT2D eigenvalue weighted by molar-refractivity contribution is -0.142. The molecule has 5 heteroatoms. The molecular formula is C19H23N3O2.